The van der Waals surface area contributed by atoms with Gasteiger partial charge in [0.15, 0.2) is 0 Å². The Morgan fingerprint density at radius 2 is 2.10 bits per heavy atom. The number of amides is 1. The molecule has 0 aliphatic carbocycles. The standard InChI is InChI=1S/C15H16FNO3S/c1-9(2)7-17(8-14(18)19)15(20)13-6-10-11(16)4-3-5-12(10)21-13/h3-6,9H,7-8H2,1-2H3,(H,18,19). The van der Waals surface area contributed by atoms with Crippen LogP contribution in [-0.2, 0) is 4.79 Å². The number of hydrogen-bond acceptors (Lipinski definition) is 3. The molecule has 0 spiro atoms. The summed E-state index contributed by atoms with van der Waals surface area (Å²) in [6.07, 6.45) is 0. The van der Waals surface area contributed by atoms with Gasteiger partial charge in [0.2, 0.25) is 0 Å². The van der Waals surface area contributed by atoms with Crippen molar-refractivity contribution < 1.29 is 19.1 Å². The number of carbonyl (C=O) groups is 2. The third kappa shape index (κ3) is 3.58. The van der Waals surface area contributed by atoms with E-state index in [1.807, 2.05) is 13.8 Å². The topological polar surface area (TPSA) is 57.6 Å². The summed E-state index contributed by atoms with van der Waals surface area (Å²) < 4.78 is 14.4. The van der Waals surface area contributed by atoms with Crippen molar-refractivity contribution in [1.82, 2.24) is 4.90 Å². The predicted octanol–water partition coefficient (Wildman–Crippen LogP) is 3.22. The molecule has 1 aromatic heterocycles. The number of hydrogen-bond donors (Lipinski definition) is 1. The first-order chi connectivity index (χ1) is 9.88. The van der Waals surface area contributed by atoms with E-state index >= 15 is 0 Å². The summed E-state index contributed by atoms with van der Waals surface area (Å²) in [6.45, 7) is 3.81. The van der Waals surface area contributed by atoms with E-state index in [4.69, 9.17) is 5.11 Å². The zero-order valence-electron chi connectivity index (χ0n) is 11.8. The van der Waals surface area contributed by atoms with Crippen LogP contribution >= 0.6 is 11.3 Å². The molecule has 0 aliphatic heterocycles. The lowest BCUT2D eigenvalue weighted by atomic mass is 10.2. The van der Waals surface area contributed by atoms with Crippen LogP contribution in [-0.4, -0.2) is 35.0 Å². The molecule has 112 valence electrons. The van der Waals surface area contributed by atoms with Crippen LogP contribution in [0, 0.1) is 11.7 Å². The fourth-order valence-corrected chi connectivity index (χ4v) is 3.15. The highest BCUT2D eigenvalue weighted by Gasteiger charge is 2.22. The van der Waals surface area contributed by atoms with Crippen molar-refractivity contribution in [3.05, 3.63) is 35.0 Å². The number of aliphatic carboxylic acids is 1. The van der Waals surface area contributed by atoms with Crippen LogP contribution in [0.2, 0.25) is 0 Å². The van der Waals surface area contributed by atoms with E-state index in [-0.39, 0.29) is 24.2 Å². The normalized spacial score (nSPS) is 11.0. The summed E-state index contributed by atoms with van der Waals surface area (Å²) in [5, 5.41) is 9.32. The quantitative estimate of drug-likeness (QED) is 0.922. The molecule has 1 aromatic carbocycles. The second-order valence-electron chi connectivity index (χ2n) is 5.24. The number of carboxylic acid groups (broad SMARTS) is 1. The third-order valence-corrected chi connectivity index (χ3v) is 4.01. The number of rotatable bonds is 5. The molecule has 4 nitrogen and oxygen atoms in total. The molecule has 6 heteroatoms. The lowest BCUT2D eigenvalue weighted by Crippen LogP contribution is -2.37. The molecule has 0 saturated heterocycles. The van der Waals surface area contributed by atoms with Gasteiger partial charge in [-0.3, -0.25) is 9.59 Å². The maximum absolute atomic E-state index is 13.7. The zero-order valence-corrected chi connectivity index (χ0v) is 12.6. The number of halogens is 1. The van der Waals surface area contributed by atoms with E-state index in [1.165, 1.54) is 28.4 Å². The number of carboxylic acids is 1. The highest BCUT2D eigenvalue weighted by Crippen LogP contribution is 2.28. The van der Waals surface area contributed by atoms with Crippen molar-refractivity contribution in [3.8, 4) is 0 Å². The number of benzene rings is 1. The summed E-state index contributed by atoms with van der Waals surface area (Å²) in [4.78, 5) is 25.0. The van der Waals surface area contributed by atoms with Gasteiger partial charge in [-0.15, -0.1) is 11.3 Å². The molecule has 0 unspecified atom stereocenters. The van der Waals surface area contributed by atoms with E-state index < -0.39 is 5.97 Å². The minimum Gasteiger partial charge on any atom is -0.480 e. The Balaban J connectivity index is 2.33. The molecule has 2 aromatic rings. The highest BCUT2D eigenvalue weighted by molar-refractivity contribution is 7.20. The van der Waals surface area contributed by atoms with Crippen LogP contribution in [0.25, 0.3) is 10.1 Å². The molecule has 0 saturated carbocycles. The molecule has 1 heterocycles. The molecular formula is C15H16FNO3S. The molecule has 0 fully saturated rings. The maximum Gasteiger partial charge on any atom is 0.323 e. The molecule has 0 atom stereocenters. The Morgan fingerprint density at radius 1 is 1.38 bits per heavy atom. The van der Waals surface area contributed by atoms with E-state index in [9.17, 15) is 14.0 Å². The van der Waals surface area contributed by atoms with Crippen LogP contribution in [0.1, 0.15) is 23.5 Å². The largest absolute Gasteiger partial charge is 0.480 e. The smallest absolute Gasteiger partial charge is 0.323 e. The first-order valence-corrected chi connectivity index (χ1v) is 7.39. The number of carbonyl (C=O) groups excluding carboxylic acids is 1. The number of thiophene rings is 1. The summed E-state index contributed by atoms with van der Waals surface area (Å²) in [7, 11) is 0. The van der Waals surface area contributed by atoms with Crippen molar-refractivity contribution in [2.45, 2.75) is 13.8 Å². The molecule has 0 bridgehead atoms. The third-order valence-electron chi connectivity index (χ3n) is 2.92. The minimum absolute atomic E-state index is 0.152. The summed E-state index contributed by atoms with van der Waals surface area (Å²) in [6, 6.07) is 6.16. The summed E-state index contributed by atoms with van der Waals surface area (Å²) >= 11 is 1.18. The molecule has 2 rings (SSSR count). The first-order valence-electron chi connectivity index (χ1n) is 6.57. The molecule has 1 amide bonds. The Labute approximate surface area is 125 Å². The van der Waals surface area contributed by atoms with Gasteiger partial charge in [-0.1, -0.05) is 19.9 Å². The van der Waals surface area contributed by atoms with Crippen LogP contribution < -0.4 is 0 Å². The van der Waals surface area contributed by atoms with Crippen LogP contribution in [0.15, 0.2) is 24.3 Å². The van der Waals surface area contributed by atoms with Gasteiger partial charge in [-0.2, -0.15) is 0 Å². The zero-order chi connectivity index (χ0) is 15.6. The maximum atomic E-state index is 13.7. The van der Waals surface area contributed by atoms with Crippen molar-refractivity contribution in [3.63, 3.8) is 0 Å². The van der Waals surface area contributed by atoms with Crippen molar-refractivity contribution in [2.75, 3.05) is 13.1 Å². The van der Waals surface area contributed by atoms with Gasteiger partial charge in [0.05, 0.1) is 4.88 Å². The Hall–Kier alpha value is -1.95. The molecular weight excluding hydrogens is 293 g/mol. The average Bonchev–Trinajstić information content (AvgIpc) is 2.81. The SMILES string of the molecule is CC(C)CN(CC(=O)O)C(=O)c1cc2c(F)cccc2s1. The number of fused-ring (bicyclic) bond motifs is 1. The second kappa shape index (κ2) is 6.22. The monoisotopic (exact) mass is 309 g/mol. The van der Waals surface area contributed by atoms with E-state index in [2.05, 4.69) is 0 Å². The van der Waals surface area contributed by atoms with Crippen molar-refractivity contribution in [2.24, 2.45) is 5.92 Å². The Bertz CT molecular complexity index is 681. The highest BCUT2D eigenvalue weighted by atomic mass is 32.1. The second-order valence-corrected chi connectivity index (χ2v) is 6.32. The predicted molar refractivity (Wildman–Crippen MR) is 80.2 cm³/mol. The van der Waals surface area contributed by atoms with Gasteiger partial charge in [0.1, 0.15) is 12.4 Å². The summed E-state index contributed by atoms with van der Waals surface area (Å²) in [5.41, 5.74) is 0. The van der Waals surface area contributed by atoms with E-state index in [0.717, 1.165) is 0 Å². The van der Waals surface area contributed by atoms with Crippen molar-refractivity contribution in [1.29, 1.82) is 0 Å². The van der Waals surface area contributed by atoms with Gasteiger partial charge >= 0.3 is 5.97 Å². The van der Waals surface area contributed by atoms with Gasteiger partial charge < -0.3 is 10.0 Å². The fourth-order valence-electron chi connectivity index (χ4n) is 2.11. The van der Waals surface area contributed by atoms with Crippen LogP contribution in [0.5, 0.6) is 0 Å². The van der Waals surface area contributed by atoms with Gasteiger partial charge in [-0.25, -0.2) is 4.39 Å². The van der Waals surface area contributed by atoms with E-state index in [0.29, 0.717) is 21.5 Å². The lowest BCUT2D eigenvalue weighted by molar-refractivity contribution is -0.137. The van der Waals surface area contributed by atoms with Crippen LogP contribution in [0.4, 0.5) is 4.39 Å². The van der Waals surface area contributed by atoms with Gasteiger partial charge in [0, 0.05) is 16.6 Å². The van der Waals surface area contributed by atoms with Crippen molar-refractivity contribution >= 4 is 33.3 Å². The number of nitrogens with zero attached hydrogens (tertiary/aromatic N) is 1. The summed E-state index contributed by atoms with van der Waals surface area (Å²) in [5.74, 6) is -1.65. The van der Waals surface area contributed by atoms with E-state index in [1.54, 1.807) is 12.1 Å². The van der Waals surface area contributed by atoms with Crippen LogP contribution in [0.3, 0.4) is 0 Å². The first kappa shape index (κ1) is 15.4. The lowest BCUT2D eigenvalue weighted by Gasteiger charge is -2.21. The molecule has 1 N–H and O–H groups in total. The fraction of sp³-hybridized carbons (Fsp3) is 0.333. The molecule has 0 aliphatic rings. The minimum atomic E-state index is -1.06. The molecule has 0 radical (unpaired) electrons. The van der Waals surface area contributed by atoms with Gasteiger partial charge in [0.25, 0.3) is 5.91 Å². The molecule has 21 heavy (non-hydrogen) atoms. The Morgan fingerprint density at radius 3 is 2.67 bits per heavy atom. The average molecular weight is 309 g/mol. The Kier molecular flexibility index (Phi) is 4.57. The van der Waals surface area contributed by atoms with Gasteiger partial charge in [-0.05, 0) is 24.1 Å².